The number of hydrogen-bond acceptors (Lipinski definition) is 10. The molecule has 14 heteroatoms. The van der Waals surface area contributed by atoms with E-state index in [1.54, 1.807) is 23.1 Å². The number of anilines is 2. The summed E-state index contributed by atoms with van der Waals surface area (Å²) in [4.78, 5) is 41.7. The lowest BCUT2D eigenvalue weighted by Gasteiger charge is -2.46. The van der Waals surface area contributed by atoms with E-state index in [0.29, 0.717) is 34.0 Å². The number of hydrogen-bond donors (Lipinski definition) is 3. The van der Waals surface area contributed by atoms with Crippen LogP contribution in [-0.4, -0.2) is 76.7 Å². The molecular weight excluding hydrogens is 559 g/mol. The molecule has 4 N–H and O–H groups in total. The summed E-state index contributed by atoms with van der Waals surface area (Å²) >= 11 is 8.03. The minimum atomic E-state index is -1.07. The van der Waals surface area contributed by atoms with E-state index >= 15 is 4.39 Å². The third-order valence-corrected chi connectivity index (χ3v) is 9.01. The zero-order valence-electron chi connectivity index (χ0n) is 21.3. The molecule has 0 saturated carbocycles. The number of rotatable bonds is 5. The van der Waals surface area contributed by atoms with Gasteiger partial charge in [-0.1, -0.05) is 35.1 Å². The van der Waals surface area contributed by atoms with Crippen LogP contribution in [0.5, 0.6) is 6.01 Å². The molecule has 40 heavy (non-hydrogen) atoms. The highest BCUT2D eigenvalue weighted by atomic mass is 35.5. The zero-order chi connectivity index (χ0) is 27.8. The van der Waals surface area contributed by atoms with E-state index in [2.05, 4.69) is 30.5 Å². The zero-order valence-corrected chi connectivity index (χ0v) is 22.9. The molecule has 3 saturated heterocycles. The molecular formula is C26H24ClFN8O3S. The summed E-state index contributed by atoms with van der Waals surface area (Å²) in [6.45, 7) is 1.63. The number of likely N-dealkylation sites (N-methyl/N-ethyl adjacent to an activating group) is 1. The molecule has 2 aromatic carbocycles. The Bertz CT molecular complexity index is 1730. The van der Waals surface area contributed by atoms with E-state index < -0.39 is 23.3 Å². The highest BCUT2D eigenvalue weighted by molar-refractivity contribution is 7.22. The minimum absolute atomic E-state index is 0.0203. The minimum Gasteiger partial charge on any atom is -0.462 e. The van der Waals surface area contributed by atoms with Crippen LogP contribution in [0.2, 0.25) is 5.02 Å². The normalized spacial score (nSPS) is 20.4. The number of carbonyl (C=O) groups is 2. The fourth-order valence-electron chi connectivity index (χ4n) is 5.75. The van der Waals surface area contributed by atoms with Crippen LogP contribution in [0.1, 0.15) is 12.8 Å². The summed E-state index contributed by atoms with van der Waals surface area (Å²) in [6, 6.07) is 6.70. The Labute approximate surface area is 236 Å². The lowest BCUT2D eigenvalue weighted by atomic mass is 9.89. The first-order valence-corrected chi connectivity index (χ1v) is 14.0. The molecule has 0 bridgehead atoms. The number of aromatic nitrogens is 3. The van der Waals surface area contributed by atoms with Gasteiger partial charge < -0.3 is 25.6 Å². The quantitative estimate of drug-likeness (QED) is 0.303. The lowest BCUT2D eigenvalue weighted by molar-refractivity contribution is -0.124. The van der Waals surface area contributed by atoms with E-state index in [1.165, 1.54) is 11.3 Å². The van der Waals surface area contributed by atoms with E-state index in [1.807, 2.05) is 13.1 Å². The van der Waals surface area contributed by atoms with E-state index in [0.717, 1.165) is 24.1 Å². The van der Waals surface area contributed by atoms with E-state index in [-0.39, 0.29) is 41.2 Å². The maximum Gasteiger partial charge on any atom is 0.322 e. The largest absolute Gasteiger partial charge is 0.462 e. The second-order valence-electron chi connectivity index (χ2n) is 10.4. The average Bonchev–Trinajstić information content (AvgIpc) is 3.57. The number of nitrogens with zero attached hydrogens (tertiary/aromatic N) is 5. The van der Waals surface area contributed by atoms with Crippen molar-refractivity contribution in [3.05, 3.63) is 35.1 Å². The molecule has 1 spiro atoms. The predicted molar refractivity (Wildman–Crippen MR) is 150 cm³/mol. The Hall–Kier alpha value is -3.81. The van der Waals surface area contributed by atoms with Crippen molar-refractivity contribution in [1.29, 1.82) is 0 Å². The number of amides is 3. The van der Waals surface area contributed by atoms with Gasteiger partial charge in [0, 0.05) is 22.6 Å². The number of benzene rings is 2. The summed E-state index contributed by atoms with van der Waals surface area (Å²) in [5.74, 6) is -0.687. The number of carbonyl (C=O) groups excluding carboxylic acids is 2. The first-order valence-electron chi connectivity index (χ1n) is 12.8. The SMILES string of the molecule is CN1CCC[C@H]1COc1nc(N2CC3(C2)NC(=O)NC3=O)c2cc(Cl)c(-c3cccc4sc(N)nc34)c(F)c2n1. The fourth-order valence-corrected chi connectivity index (χ4v) is 6.80. The van der Waals surface area contributed by atoms with Crippen molar-refractivity contribution in [3.8, 4) is 17.1 Å². The summed E-state index contributed by atoms with van der Waals surface area (Å²) < 4.78 is 23.3. The van der Waals surface area contributed by atoms with Gasteiger partial charge in [-0.15, -0.1) is 0 Å². The second kappa shape index (κ2) is 9.11. The maximum atomic E-state index is 16.5. The van der Waals surface area contributed by atoms with Gasteiger partial charge in [-0.3, -0.25) is 10.1 Å². The number of nitrogen functional groups attached to an aromatic ring is 1. The molecule has 3 aliphatic heterocycles. The Morgan fingerprint density at radius 2 is 2.08 bits per heavy atom. The van der Waals surface area contributed by atoms with Crippen molar-refractivity contribution in [2.45, 2.75) is 24.4 Å². The van der Waals surface area contributed by atoms with Crippen molar-refractivity contribution in [2.24, 2.45) is 0 Å². The van der Waals surface area contributed by atoms with Gasteiger partial charge in [0.2, 0.25) is 0 Å². The number of ether oxygens (including phenoxy) is 1. The number of urea groups is 1. The van der Waals surface area contributed by atoms with Gasteiger partial charge in [0.1, 0.15) is 17.9 Å². The molecule has 206 valence electrons. The van der Waals surface area contributed by atoms with Crippen LogP contribution in [0.4, 0.5) is 20.1 Å². The van der Waals surface area contributed by atoms with Crippen LogP contribution in [0.15, 0.2) is 24.3 Å². The van der Waals surface area contributed by atoms with Crippen LogP contribution in [0.3, 0.4) is 0 Å². The molecule has 0 radical (unpaired) electrons. The van der Waals surface area contributed by atoms with Gasteiger partial charge in [0.05, 0.1) is 28.3 Å². The van der Waals surface area contributed by atoms with Crippen molar-refractivity contribution in [3.63, 3.8) is 0 Å². The number of para-hydroxylation sites is 1. The Balaban J connectivity index is 1.34. The first-order chi connectivity index (χ1) is 19.2. The topological polar surface area (TPSA) is 139 Å². The van der Waals surface area contributed by atoms with E-state index in [9.17, 15) is 9.59 Å². The molecule has 0 unspecified atom stereocenters. The van der Waals surface area contributed by atoms with Gasteiger partial charge in [0.15, 0.2) is 16.5 Å². The van der Waals surface area contributed by atoms with Crippen molar-refractivity contribution in [1.82, 2.24) is 30.5 Å². The average molecular weight is 583 g/mol. The third-order valence-electron chi connectivity index (χ3n) is 7.86. The molecule has 1 atom stereocenters. The van der Waals surface area contributed by atoms with Crippen LogP contribution >= 0.6 is 22.9 Å². The number of likely N-dealkylation sites (tertiary alicyclic amines) is 1. The van der Waals surface area contributed by atoms with Gasteiger partial charge in [0.25, 0.3) is 5.91 Å². The summed E-state index contributed by atoms with van der Waals surface area (Å²) in [7, 11) is 2.04. The van der Waals surface area contributed by atoms with Crippen LogP contribution < -0.4 is 26.0 Å². The lowest BCUT2D eigenvalue weighted by Crippen LogP contribution is -2.71. The fraction of sp³-hybridized carbons (Fsp3) is 0.346. The number of halogens is 2. The number of imide groups is 1. The molecule has 4 aromatic rings. The van der Waals surface area contributed by atoms with Crippen molar-refractivity contribution in [2.75, 3.05) is 43.9 Å². The number of nitrogens with one attached hydrogen (secondary N) is 2. The molecule has 7 rings (SSSR count). The summed E-state index contributed by atoms with van der Waals surface area (Å²) in [5, 5.41) is 5.83. The van der Waals surface area contributed by atoms with Crippen molar-refractivity contribution < 1.29 is 18.7 Å². The van der Waals surface area contributed by atoms with Gasteiger partial charge >= 0.3 is 12.0 Å². The van der Waals surface area contributed by atoms with Gasteiger partial charge in [-0.25, -0.2) is 14.2 Å². The predicted octanol–water partition coefficient (Wildman–Crippen LogP) is 3.15. The van der Waals surface area contributed by atoms with Crippen molar-refractivity contribution >= 4 is 66.9 Å². The highest BCUT2D eigenvalue weighted by Crippen LogP contribution is 2.43. The number of thiazole rings is 1. The Morgan fingerprint density at radius 1 is 1.25 bits per heavy atom. The van der Waals surface area contributed by atoms with Gasteiger partial charge in [-0.05, 0) is 38.6 Å². The monoisotopic (exact) mass is 582 g/mol. The number of fused-ring (bicyclic) bond motifs is 2. The van der Waals surface area contributed by atoms with Crippen LogP contribution in [0, 0.1) is 5.82 Å². The molecule has 3 amide bonds. The molecule has 11 nitrogen and oxygen atoms in total. The Morgan fingerprint density at radius 3 is 2.80 bits per heavy atom. The summed E-state index contributed by atoms with van der Waals surface area (Å²) in [6.07, 6.45) is 2.05. The molecule has 0 aliphatic carbocycles. The maximum absolute atomic E-state index is 16.5. The molecule has 3 fully saturated rings. The second-order valence-corrected chi connectivity index (χ2v) is 11.9. The molecule has 2 aromatic heterocycles. The standard InChI is InChI=1S/C26H24ClFN8O3S/c1-35-7-3-4-12(35)9-39-25-31-20-14(21(32-25)36-10-26(11-36)22(37)33-24(38)34-26)8-15(27)17(18(20)28)13-5-2-6-16-19(13)30-23(29)40-16/h2,5-6,8,12H,3-4,7,9-11H2,1H3,(H2,29,30)(H2,33,34,37,38)/t12-/m0/s1. The smallest absolute Gasteiger partial charge is 0.322 e. The molecule has 3 aliphatic rings. The van der Waals surface area contributed by atoms with E-state index in [4.69, 9.17) is 22.1 Å². The van der Waals surface area contributed by atoms with Crippen LogP contribution in [0.25, 0.3) is 32.2 Å². The summed E-state index contributed by atoms with van der Waals surface area (Å²) in [5.41, 5.74) is 6.10. The Kier molecular flexibility index (Phi) is 5.74. The highest BCUT2D eigenvalue weighted by Gasteiger charge is 2.55. The molecule has 5 heterocycles. The van der Waals surface area contributed by atoms with Crippen LogP contribution in [-0.2, 0) is 4.79 Å². The number of nitrogens with two attached hydrogens (primary N) is 1. The van der Waals surface area contributed by atoms with Gasteiger partial charge in [-0.2, -0.15) is 9.97 Å². The third kappa shape index (κ3) is 3.91. The first kappa shape index (κ1) is 25.2.